The van der Waals surface area contributed by atoms with Crippen LogP contribution in [0.3, 0.4) is 0 Å². The number of nitrogen functional groups attached to an aromatic ring is 1. The fourth-order valence-corrected chi connectivity index (χ4v) is 2.25. The third-order valence-electron chi connectivity index (χ3n) is 3.14. The maximum absolute atomic E-state index is 13.4. The minimum absolute atomic E-state index is 0.0222. The van der Waals surface area contributed by atoms with Crippen LogP contribution < -0.4 is 5.73 Å². The zero-order chi connectivity index (χ0) is 15.1. The molecule has 0 bridgehead atoms. The second-order valence-electron chi connectivity index (χ2n) is 5.00. The summed E-state index contributed by atoms with van der Waals surface area (Å²) in [5.74, 6) is -1.12. The number of nitrogens with zero attached hydrogens (tertiary/aromatic N) is 4. The fraction of sp³-hybridized carbons (Fsp3) is 0.214. The van der Waals surface area contributed by atoms with Gasteiger partial charge in [0, 0.05) is 17.7 Å². The van der Waals surface area contributed by atoms with Crippen LogP contribution in [0, 0.1) is 11.6 Å². The van der Waals surface area contributed by atoms with Gasteiger partial charge >= 0.3 is 0 Å². The van der Waals surface area contributed by atoms with Gasteiger partial charge in [0.2, 0.25) is 0 Å². The zero-order valence-corrected chi connectivity index (χ0v) is 11.5. The molecule has 0 amide bonds. The number of aromatic nitrogens is 4. The normalized spacial score (nSPS) is 11.5. The Balaban J connectivity index is 2.37. The number of rotatable bonds is 2. The predicted octanol–water partition coefficient (Wildman–Crippen LogP) is 2.93. The van der Waals surface area contributed by atoms with Crippen molar-refractivity contribution < 1.29 is 8.78 Å². The SMILES string of the molecule is CC(C)n1nc(-c2cc(F)cc(F)c2)c2c(N)ncnc21. The Morgan fingerprint density at radius 1 is 1.10 bits per heavy atom. The van der Waals surface area contributed by atoms with E-state index in [2.05, 4.69) is 15.1 Å². The number of anilines is 1. The molecule has 2 heterocycles. The molecule has 2 aromatic heterocycles. The number of benzene rings is 1. The van der Waals surface area contributed by atoms with Crippen LogP contribution in [0.4, 0.5) is 14.6 Å². The highest BCUT2D eigenvalue weighted by molar-refractivity contribution is 5.98. The van der Waals surface area contributed by atoms with Gasteiger partial charge < -0.3 is 5.73 Å². The number of hydrogen-bond donors (Lipinski definition) is 1. The summed E-state index contributed by atoms with van der Waals surface area (Å²) in [4.78, 5) is 8.11. The lowest BCUT2D eigenvalue weighted by atomic mass is 10.1. The van der Waals surface area contributed by atoms with Crippen molar-refractivity contribution in [2.75, 3.05) is 5.73 Å². The molecule has 7 heteroatoms. The van der Waals surface area contributed by atoms with E-state index in [4.69, 9.17) is 5.73 Å². The second-order valence-corrected chi connectivity index (χ2v) is 5.00. The van der Waals surface area contributed by atoms with Crippen molar-refractivity contribution in [3.63, 3.8) is 0 Å². The van der Waals surface area contributed by atoms with Gasteiger partial charge in [-0.3, -0.25) is 0 Å². The Hall–Kier alpha value is -2.57. The van der Waals surface area contributed by atoms with Gasteiger partial charge in [-0.15, -0.1) is 0 Å². The third-order valence-corrected chi connectivity index (χ3v) is 3.14. The molecule has 0 aliphatic heterocycles. The minimum atomic E-state index is -0.673. The van der Waals surface area contributed by atoms with Crippen LogP contribution in [-0.4, -0.2) is 19.7 Å². The number of halogens is 2. The van der Waals surface area contributed by atoms with Crippen molar-refractivity contribution in [2.45, 2.75) is 19.9 Å². The van der Waals surface area contributed by atoms with E-state index in [0.29, 0.717) is 22.3 Å². The Morgan fingerprint density at radius 2 is 1.76 bits per heavy atom. The quantitative estimate of drug-likeness (QED) is 0.787. The smallest absolute Gasteiger partial charge is 0.164 e. The van der Waals surface area contributed by atoms with E-state index >= 15 is 0 Å². The molecule has 2 N–H and O–H groups in total. The van der Waals surface area contributed by atoms with Gasteiger partial charge in [-0.25, -0.2) is 23.4 Å². The van der Waals surface area contributed by atoms with Gasteiger partial charge in [0.1, 0.15) is 29.5 Å². The van der Waals surface area contributed by atoms with Crippen LogP contribution in [0.1, 0.15) is 19.9 Å². The molecule has 0 aliphatic carbocycles. The number of fused-ring (bicyclic) bond motifs is 1. The Kier molecular flexibility index (Phi) is 3.04. The summed E-state index contributed by atoms with van der Waals surface area (Å²) >= 11 is 0. The molecule has 1 aromatic carbocycles. The van der Waals surface area contributed by atoms with E-state index in [-0.39, 0.29) is 11.9 Å². The first-order chi connectivity index (χ1) is 9.97. The van der Waals surface area contributed by atoms with Crippen LogP contribution in [-0.2, 0) is 0 Å². The summed E-state index contributed by atoms with van der Waals surface area (Å²) in [6.07, 6.45) is 1.34. The summed E-state index contributed by atoms with van der Waals surface area (Å²) < 4.78 is 28.5. The molecule has 0 radical (unpaired) electrons. The molecular formula is C14H13F2N5. The van der Waals surface area contributed by atoms with E-state index in [1.807, 2.05) is 13.8 Å². The number of nitrogens with two attached hydrogens (primary N) is 1. The molecule has 0 unspecified atom stereocenters. The molecule has 3 aromatic rings. The molecule has 108 valence electrons. The van der Waals surface area contributed by atoms with Gasteiger partial charge in [-0.2, -0.15) is 5.10 Å². The third kappa shape index (κ3) is 2.20. The molecule has 0 saturated carbocycles. The monoisotopic (exact) mass is 289 g/mol. The van der Waals surface area contributed by atoms with Crippen molar-refractivity contribution in [3.05, 3.63) is 36.2 Å². The topological polar surface area (TPSA) is 69.6 Å². The van der Waals surface area contributed by atoms with Crippen molar-refractivity contribution >= 4 is 16.9 Å². The summed E-state index contributed by atoms with van der Waals surface area (Å²) in [7, 11) is 0. The Bertz CT molecular complexity index is 805. The van der Waals surface area contributed by atoms with Crippen molar-refractivity contribution in [3.8, 4) is 11.3 Å². The van der Waals surface area contributed by atoms with Gasteiger partial charge in [-0.1, -0.05) is 0 Å². The van der Waals surface area contributed by atoms with E-state index in [1.54, 1.807) is 4.68 Å². The maximum atomic E-state index is 13.4. The molecule has 21 heavy (non-hydrogen) atoms. The standard InChI is InChI=1S/C14H13F2N5/c1-7(2)21-14-11(13(17)18-6-19-14)12(20-21)8-3-9(15)5-10(16)4-8/h3-7H,1-2H3,(H2,17,18,19). The van der Waals surface area contributed by atoms with Gasteiger partial charge in [0.05, 0.1) is 5.39 Å². The van der Waals surface area contributed by atoms with E-state index in [0.717, 1.165) is 6.07 Å². The lowest BCUT2D eigenvalue weighted by molar-refractivity contribution is 0.547. The van der Waals surface area contributed by atoms with Gasteiger partial charge in [0.15, 0.2) is 5.65 Å². The molecule has 0 aliphatic rings. The molecule has 0 fully saturated rings. The van der Waals surface area contributed by atoms with Crippen LogP contribution in [0.25, 0.3) is 22.3 Å². The summed E-state index contributed by atoms with van der Waals surface area (Å²) in [6, 6.07) is 3.25. The minimum Gasteiger partial charge on any atom is -0.383 e. The molecule has 5 nitrogen and oxygen atoms in total. The highest BCUT2D eigenvalue weighted by atomic mass is 19.1. The first kappa shape index (κ1) is 13.4. The highest BCUT2D eigenvalue weighted by Crippen LogP contribution is 2.32. The van der Waals surface area contributed by atoms with E-state index in [1.165, 1.54) is 18.5 Å². The van der Waals surface area contributed by atoms with Crippen molar-refractivity contribution in [1.82, 2.24) is 19.7 Å². The van der Waals surface area contributed by atoms with Crippen molar-refractivity contribution in [2.24, 2.45) is 0 Å². The summed E-state index contributed by atoms with van der Waals surface area (Å²) in [6.45, 7) is 3.86. The van der Waals surface area contributed by atoms with Gasteiger partial charge in [-0.05, 0) is 26.0 Å². The van der Waals surface area contributed by atoms with Gasteiger partial charge in [0.25, 0.3) is 0 Å². The summed E-state index contributed by atoms with van der Waals surface area (Å²) in [5.41, 5.74) is 7.11. The van der Waals surface area contributed by atoms with Crippen LogP contribution in [0.15, 0.2) is 24.5 Å². The van der Waals surface area contributed by atoms with Crippen LogP contribution in [0.5, 0.6) is 0 Å². The molecule has 0 spiro atoms. The zero-order valence-electron chi connectivity index (χ0n) is 11.5. The average Bonchev–Trinajstić information content (AvgIpc) is 2.78. The molecule has 0 saturated heterocycles. The lowest BCUT2D eigenvalue weighted by Crippen LogP contribution is -2.04. The molecule has 3 rings (SSSR count). The predicted molar refractivity (Wildman–Crippen MR) is 75.5 cm³/mol. The van der Waals surface area contributed by atoms with Crippen molar-refractivity contribution in [1.29, 1.82) is 0 Å². The van der Waals surface area contributed by atoms with Crippen LogP contribution in [0.2, 0.25) is 0 Å². The van der Waals surface area contributed by atoms with E-state index in [9.17, 15) is 8.78 Å². The summed E-state index contributed by atoms with van der Waals surface area (Å²) in [5, 5.41) is 4.90. The van der Waals surface area contributed by atoms with Crippen LogP contribution >= 0.6 is 0 Å². The average molecular weight is 289 g/mol. The Labute approximate surface area is 119 Å². The van der Waals surface area contributed by atoms with E-state index < -0.39 is 11.6 Å². The maximum Gasteiger partial charge on any atom is 0.164 e. The second kappa shape index (κ2) is 4.76. The Morgan fingerprint density at radius 3 is 2.38 bits per heavy atom. The largest absolute Gasteiger partial charge is 0.383 e. The molecular weight excluding hydrogens is 276 g/mol. The highest BCUT2D eigenvalue weighted by Gasteiger charge is 2.19. The number of hydrogen-bond acceptors (Lipinski definition) is 4. The first-order valence-electron chi connectivity index (χ1n) is 6.42. The molecule has 0 atom stereocenters. The fourth-order valence-electron chi connectivity index (χ4n) is 2.25. The first-order valence-corrected chi connectivity index (χ1v) is 6.42. The lowest BCUT2D eigenvalue weighted by Gasteiger charge is -2.05.